The van der Waals surface area contributed by atoms with Gasteiger partial charge in [-0.05, 0) is 35.7 Å². The number of benzene rings is 1. The number of nitrogens with zero attached hydrogens (tertiary/aromatic N) is 3. The molecule has 10 heteroatoms. The molecule has 3 heterocycles. The van der Waals surface area contributed by atoms with Crippen molar-refractivity contribution >= 4 is 40.2 Å². The molecule has 0 unspecified atom stereocenters. The van der Waals surface area contributed by atoms with Gasteiger partial charge in [-0.2, -0.15) is 18.3 Å². The number of rotatable bonds is 5. The maximum Gasteiger partial charge on any atom is 0.416 e. The molecule has 0 bridgehead atoms. The maximum absolute atomic E-state index is 12.8. The molecule has 3 aromatic heterocycles. The van der Waals surface area contributed by atoms with Crippen molar-refractivity contribution in [2.75, 3.05) is 11.1 Å². The van der Waals surface area contributed by atoms with E-state index in [4.69, 9.17) is 0 Å². The van der Waals surface area contributed by atoms with Crippen LogP contribution in [-0.4, -0.2) is 26.3 Å². The summed E-state index contributed by atoms with van der Waals surface area (Å²) in [6.07, 6.45) is -1.15. The molecule has 148 valence electrons. The van der Waals surface area contributed by atoms with Crippen LogP contribution in [0.25, 0.3) is 16.1 Å². The highest BCUT2D eigenvalue weighted by Gasteiger charge is 2.30. The number of alkyl halides is 3. The molecule has 0 saturated carbocycles. The molecule has 4 aromatic rings. The Morgan fingerprint density at radius 2 is 2.07 bits per heavy atom. The van der Waals surface area contributed by atoms with Gasteiger partial charge in [-0.25, -0.2) is 9.50 Å². The number of carbonyl (C=O) groups excluding carboxylic acids is 1. The first-order valence-corrected chi connectivity index (χ1v) is 10.2. The highest BCUT2D eigenvalue weighted by Crippen LogP contribution is 2.31. The van der Waals surface area contributed by atoms with E-state index in [0.29, 0.717) is 5.03 Å². The maximum atomic E-state index is 12.8. The molecular weight excluding hydrogens is 421 g/mol. The van der Waals surface area contributed by atoms with Crippen molar-refractivity contribution in [2.24, 2.45) is 0 Å². The van der Waals surface area contributed by atoms with Crippen molar-refractivity contribution in [3.05, 3.63) is 65.8 Å². The molecule has 0 spiro atoms. The molecule has 5 nitrogen and oxygen atoms in total. The van der Waals surface area contributed by atoms with Gasteiger partial charge in [0.1, 0.15) is 10.7 Å². The van der Waals surface area contributed by atoms with Gasteiger partial charge in [0.25, 0.3) is 0 Å². The predicted octanol–water partition coefficient (Wildman–Crippen LogP) is 5.21. The fraction of sp³-hybridized carbons (Fsp3) is 0.105. The Hall–Kier alpha value is -2.85. The van der Waals surface area contributed by atoms with E-state index >= 15 is 0 Å². The molecule has 4 rings (SSSR count). The van der Waals surface area contributed by atoms with Crippen LogP contribution in [0.3, 0.4) is 0 Å². The third kappa shape index (κ3) is 4.43. The average molecular weight is 434 g/mol. The summed E-state index contributed by atoms with van der Waals surface area (Å²) in [6, 6.07) is 10.3. The number of thiophene rings is 1. The van der Waals surface area contributed by atoms with Gasteiger partial charge in [-0.3, -0.25) is 4.79 Å². The standard InChI is InChI=1S/C19H13F3N4OS2/c20-19(21,22)12-3-1-4-13(9-12)24-17(27)11-29-18-15-10-14(16-5-2-8-28-16)25-26(15)7-6-23-18/h1-10H,11H2,(H,24,27). The SMILES string of the molecule is O=C(CSc1nccn2nc(-c3cccs3)cc12)Nc1cccc(C(F)(F)F)c1. The third-order valence-corrected chi connectivity index (χ3v) is 5.83. The lowest BCUT2D eigenvalue weighted by molar-refractivity contribution is -0.137. The fourth-order valence-electron chi connectivity index (χ4n) is 2.66. The second kappa shape index (κ2) is 7.88. The summed E-state index contributed by atoms with van der Waals surface area (Å²) in [6.45, 7) is 0. The molecule has 0 fully saturated rings. The Labute approximate surface area is 171 Å². The minimum atomic E-state index is -4.46. The highest BCUT2D eigenvalue weighted by atomic mass is 32.2. The van der Waals surface area contributed by atoms with Crippen molar-refractivity contribution in [1.29, 1.82) is 0 Å². The van der Waals surface area contributed by atoms with Crippen LogP contribution in [0.4, 0.5) is 18.9 Å². The number of hydrogen-bond acceptors (Lipinski definition) is 5. The predicted molar refractivity (Wildman–Crippen MR) is 107 cm³/mol. The van der Waals surface area contributed by atoms with Gasteiger partial charge in [0.05, 0.1) is 21.7 Å². The van der Waals surface area contributed by atoms with Crippen molar-refractivity contribution < 1.29 is 18.0 Å². The van der Waals surface area contributed by atoms with E-state index in [-0.39, 0.29) is 11.4 Å². The van der Waals surface area contributed by atoms with E-state index in [2.05, 4.69) is 15.4 Å². The molecule has 1 amide bonds. The highest BCUT2D eigenvalue weighted by molar-refractivity contribution is 8.00. The van der Waals surface area contributed by atoms with Crippen LogP contribution in [0.15, 0.2) is 65.3 Å². The monoisotopic (exact) mass is 434 g/mol. The first kappa shape index (κ1) is 19.5. The van der Waals surface area contributed by atoms with Gasteiger partial charge in [-0.15, -0.1) is 11.3 Å². The summed E-state index contributed by atoms with van der Waals surface area (Å²) in [5, 5.41) is 9.58. The van der Waals surface area contributed by atoms with Crippen LogP contribution in [-0.2, 0) is 11.0 Å². The summed E-state index contributed by atoms with van der Waals surface area (Å²) in [4.78, 5) is 17.5. The van der Waals surface area contributed by atoms with Crippen LogP contribution in [0.2, 0.25) is 0 Å². The van der Waals surface area contributed by atoms with Gasteiger partial charge in [-0.1, -0.05) is 23.9 Å². The van der Waals surface area contributed by atoms with E-state index in [1.807, 2.05) is 23.6 Å². The lowest BCUT2D eigenvalue weighted by Crippen LogP contribution is -2.15. The first-order chi connectivity index (χ1) is 13.9. The zero-order chi connectivity index (χ0) is 20.4. The van der Waals surface area contributed by atoms with Crippen molar-refractivity contribution in [2.45, 2.75) is 11.2 Å². The van der Waals surface area contributed by atoms with Crippen molar-refractivity contribution in [3.8, 4) is 10.6 Å². The zero-order valence-electron chi connectivity index (χ0n) is 14.7. The lowest BCUT2D eigenvalue weighted by Gasteiger charge is -2.09. The molecule has 0 aliphatic carbocycles. The fourth-order valence-corrected chi connectivity index (χ4v) is 4.12. The van der Waals surface area contributed by atoms with E-state index in [0.717, 1.165) is 28.2 Å². The van der Waals surface area contributed by atoms with Gasteiger partial charge in [0.15, 0.2) is 0 Å². The average Bonchev–Trinajstić information content (AvgIpc) is 3.35. The summed E-state index contributed by atoms with van der Waals surface area (Å²) >= 11 is 2.77. The normalized spacial score (nSPS) is 11.7. The smallest absolute Gasteiger partial charge is 0.325 e. The molecule has 1 N–H and O–H groups in total. The molecule has 0 aliphatic heterocycles. The molecular formula is C19H13F3N4OS2. The molecule has 1 aromatic carbocycles. The topological polar surface area (TPSA) is 59.3 Å². The Bertz CT molecular complexity index is 1160. The van der Waals surface area contributed by atoms with Gasteiger partial charge in [0.2, 0.25) is 5.91 Å². The van der Waals surface area contributed by atoms with Crippen LogP contribution in [0.1, 0.15) is 5.56 Å². The number of carbonyl (C=O) groups is 1. The Balaban J connectivity index is 1.46. The van der Waals surface area contributed by atoms with Crippen molar-refractivity contribution in [3.63, 3.8) is 0 Å². The quantitative estimate of drug-likeness (QED) is 0.438. The Kier molecular flexibility index (Phi) is 5.29. The molecule has 0 radical (unpaired) electrons. The van der Waals surface area contributed by atoms with E-state index in [1.54, 1.807) is 28.2 Å². The van der Waals surface area contributed by atoms with Gasteiger partial charge in [0, 0.05) is 18.1 Å². The molecule has 29 heavy (non-hydrogen) atoms. The number of thioether (sulfide) groups is 1. The number of fused-ring (bicyclic) bond motifs is 1. The summed E-state index contributed by atoms with van der Waals surface area (Å²) in [5.41, 5.74) is 0.853. The minimum Gasteiger partial charge on any atom is -0.325 e. The lowest BCUT2D eigenvalue weighted by atomic mass is 10.2. The van der Waals surface area contributed by atoms with Crippen LogP contribution in [0.5, 0.6) is 0 Å². The number of amides is 1. The Morgan fingerprint density at radius 3 is 2.83 bits per heavy atom. The number of nitrogens with one attached hydrogen (secondary N) is 1. The van der Waals surface area contributed by atoms with Crippen LogP contribution < -0.4 is 5.32 Å². The summed E-state index contributed by atoms with van der Waals surface area (Å²) < 4.78 is 40.1. The van der Waals surface area contributed by atoms with Crippen LogP contribution in [0, 0.1) is 0 Å². The molecule has 0 saturated heterocycles. The second-order valence-corrected chi connectivity index (χ2v) is 7.90. The summed E-state index contributed by atoms with van der Waals surface area (Å²) in [7, 11) is 0. The zero-order valence-corrected chi connectivity index (χ0v) is 16.3. The third-order valence-electron chi connectivity index (χ3n) is 3.94. The first-order valence-electron chi connectivity index (χ1n) is 8.38. The van der Waals surface area contributed by atoms with Gasteiger partial charge < -0.3 is 5.32 Å². The number of anilines is 1. The largest absolute Gasteiger partial charge is 0.416 e. The van der Waals surface area contributed by atoms with E-state index in [1.165, 1.54) is 23.9 Å². The van der Waals surface area contributed by atoms with E-state index < -0.39 is 17.6 Å². The Morgan fingerprint density at radius 1 is 1.21 bits per heavy atom. The summed E-state index contributed by atoms with van der Waals surface area (Å²) in [5.74, 6) is -0.418. The van der Waals surface area contributed by atoms with Crippen LogP contribution >= 0.6 is 23.1 Å². The molecule has 0 aliphatic rings. The number of aromatic nitrogens is 3. The second-order valence-electron chi connectivity index (χ2n) is 5.98. The molecule has 0 atom stereocenters. The van der Waals surface area contributed by atoms with Crippen molar-refractivity contribution in [1.82, 2.24) is 14.6 Å². The van der Waals surface area contributed by atoms with Gasteiger partial charge >= 0.3 is 6.18 Å². The number of hydrogen-bond donors (Lipinski definition) is 1. The van der Waals surface area contributed by atoms with E-state index in [9.17, 15) is 18.0 Å². The minimum absolute atomic E-state index is 0.00241. The number of halogens is 3.